The summed E-state index contributed by atoms with van der Waals surface area (Å²) in [6, 6.07) is 5.67. The molecule has 1 atom stereocenters. The fourth-order valence-electron chi connectivity index (χ4n) is 2.84. The number of hydrogen-bond acceptors (Lipinski definition) is 3. The molecular formula is C17H18N2O2. The number of anilines is 1. The van der Waals surface area contributed by atoms with E-state index in [-0.39, 0.29) is 5.91 Å². The van der Waals surface area contributed by atoms with E-state index in [1.807, 2.05) is 18.2 Å². The third kappa shape index (κ3) is 2.71. The minimum atomic E-state index is 0.0665. The molecule has 2 aliphatic carbocycles. The first-order valence-corrected chi connectivity index (χ1v) is 7.65. The molecule has 1 heterocycles. The average Bonchev–Trinajstić information content (AvgIpc) is 3.03. The number of carbonyl (C=O) groups excluding carboxylic acids is 1. The van der Waals surface area contributed by atoms with Crippen molar-refractivity contribution in [2.75, 3.05) is 5.32 Å². The van der Waals surface area contributed by atoms with E-state index in [9.17, 15) is 4.79 Å². The summed E-state index contributed by atoms with van der Waals surface area (Å²) < 4.78 is 5.73. The van der Waals surface area contributed by atoms with Crippen LogP contribution in [0.25, 0.3) is 11.1 Å². The summed E-state index contributed by atoms with van der Waals surface area (Å²) in [5, 5.41) is 2.96. The van der Waals surface area contributed by atoms with Gasteiger partial charge in [-0.2, -0.15) is 0 Å². The maximum absolute atomic E-state index is 12.0. The van der Waals surface area contributed by atoms with Gasteiger partial charge < -0.3 is 9.73 Å². The molecule has 4 rings (SSSR count). The quantitative estimate of drug-likeness (QED) is 0.862. The Morgan fingerprint density at radius 2 is 2.24 bits per heavy atom. The zero-order chi connectivity index (χ0) is 14.2. The smallest absolute Gasteiger partial charge is 0.224 e. The normalized spacial score (nSPS) is 21.0. The van der Waals surface area contributed by atoms with Gasteiger partial charge in [0, 0.05) is 18.0 Å². The molecule has 1 N–H and O–H groups in total. The molecule has 4 nitrogen and oxygen atoms in total. The van der Waals surface area contributed by atoms with Crippen LogP contribution in [-0.2, 0) is 4.79 Å². The third-order valence-corrected chi connectivity index (χ3v) is 4.17. The lowest BCUT2D eigenvalue weighted by atomic mass is 10.1. The molecule has 0 saturated heterocycles. The molecule has 21 heavy (non-hydrogen) atoms. The highest BCUT2D eigenvalue weighted by atomic mass is 16.3. The monoisotopic (exact) mass is 282 g/mol. The van der Waals surface area contributed by atoms with Gasteiger partial charge >= 0.3 is 0 Å². The molecule has 2 aromatic rings. The Bertz CT molecular complexity index is 713. The van der Waals surface area contributed by atoms with Crippen molar-refractivity contribution < 1.29 is 9.21 Å². The van der Waals surface area contributed by atoms with E-state index in [0.29, 0.717) is 18.3 Å². The molecule has 1 amide bonds. The molecule has 1 saturated carbocycles. The lowest BCUT2D eigenvalue weighted by molar-refractivity contribution is -0.116. The summed E-state index contributed by atoms with van der Waals surface area (Å²) in [5.74, 6) is 1.80. The number of fused-ring (bicyclic) bond motifs is 1. The van der Waals surface area contributed by atoms with Crippen molar-refractivity contribution in [3.63, 3.8) is 0 Å². The average molecular weight is 282 g/mol. The zero-order valence-electron chi connectivity index (χ0n) is 11.8. The van der Waals surface area contributed by atoms with Crippen LogP contribution < -0.4 is 5.32 Å². The summed E-state index contributed by atoms with van der Waals surface area (Å²) in [6.45, 7) is 0. The minimum Gasteiger partial charge on any atom is -0.440 e. The molecule has 2 aliphatic rings. The number of carbonyl (C=O) groups is 1. The van der Waals surface area contributed by atoms with Crippen LogP contribution in [0, 0.1) is 5.92 Å². The third-order valence-electron chi connectivity index (χ3n) is 4.17. The van der Waals surface area contributed by atoms with Crippen LogP contribution in [0.2, 0.25) is 0 Å². The van der Waals surface area contributed by atoms with Gasteiger partial charge in [0.1, 0.15) is 5.52 Å². The summed E-state index contributed by atoms with van der Waals surface area (Å²) >= 11 is 0. The van der Waals surface area contributed by atoms with E-state index < -0.39 is 0 Å². The minimum absolute atomic E-state index is 0.0665. The number of nitrogens with zero attached hydrogens (tertiary/aromatic N) is 1. The van der Waals surface area contributed by atoms with Crippen molar-refractivity contribution in [1.29, 1.82) is 0 Å². The number of rotatable bonds is 4. The number of oxazole rings is 1. The highest BCUT2D eigenvalue weighted by Crippen LogP contribution is 2.40. The molecule has 0 radical (unpaired) electrons. The number of hydrogen-bond donors (Lipinski definition) is 1. The number of amides is 1. The summed E-state index contributed by atoms with van der Waals surface area (Å²) in [6.07, 6.45) is 9.37. The van der Waals surface area contributed by atoms with E-state index >= 15 is 0 Å². The molecule has 0 bridgehead atoms. The first kappa shape index (κ1) is 12.6. The van der Waals surface area contributed by atoms with Gasteiger partial charge in [-0.05, 0) is 49.8 Å². The Kier molecular flexibility index (Phi) is 3.02. The maximum Gasteiger partial charge on any atom is 0.224 e. The van der Waals surface area contributed by atoms with Crippen LogP contribution in [0.5, 0.6) is 0 Å². The molecule has 1 aromatic heterocycles. The van der Waals surface area contributed by atoms with Crippen LogP contribution >= 0.6 is 0 Å². The van der Waals surface area contributed by atoms with Crippen molar-refractivity contribution in [3.05, 3.63) is 36.2 Å². The van der Waals surface area contributed by atoms with E-state index in [1.54, 1.807) is 0 Å². The molecule has 1 aromatic carbocycles. The van der Waals surface area contributed by atoms with Crippen LogP contribution in [-0.4, -0.2) is 10.9 Å². The van der Waals surface area contributed by atoms with Gasteiger partial charge in [0.25, 0.3) is 0 Å². The van der Waals surface area contributed by atoms with Crippen LogP contribution in [0.15, 0.2) is 34.8 Å². The molecule has 4 heteroatoms. The molecule has 108 valence electrons. The lowest BCUT2D eigenvalue weighted by Gasteiger charge is -2.08. The topological polar surface area (TPSA) is 55.1 Å². The zero-order valence-corrected chi connectivity index (χ0v) is 11.8. The van der Waals surface area contributed by atoms with Gasteiger partial charge in [-0.15, -0.1) is 0 Å². The Morgan fingerprint density at radius 3 is 3.00 bits per heavy atom. The first-order valence-electron chi connectivity index (χ1n) is 7.65. The largest absolute Gasteiger partial charge is 0.440 e. The van der Waals surface area contributed by atoms with E-state index in [2.05, 4.69) is 22.5 Å². The van der Waals surface area contributed by atoms with Crippen molar-refractivity contribution in [3.8, 4) is 0 Å². The van der Waals surface area contributed by atoms with Gasteiger partial charge in [0.05, 0.1) is 0 Å². The summed E-state index contributed by atoms with van der Waals surface area (Å²) in [7, 11) is 0. The van der Waals surface area contributed by atoms with Crippen LogP contribution in [0.1, 0.15) is 43.9 Å². The van der Waals surface area contributed by atoms with Crippen molar-refractivity contribution in [2.24, 2.45) is 5.92 Å². The Morgan fingerprint density at radius 1 is 1.33 bits per heavy atom. The maximum atomic E-state index is 12.0. The molecule has 0 unspecified atom stereocenters. The van der Waals surface area contributed by atoms with Crippen molar-refractivity contribution in [1.82, 2.24) is 4.98 Å². The van der Waals surface area contributed by atoms with E-state index in [0.717, 1.165) is 35.5 Å². The van der Waals surface area contributed by atoms with Crippen molar-refractivity contribution >= 4 is 22.7 Å². The van der Waals surface area contributed by atoms with Gasteiger partial charge in [-0.1, -0.05) is 12.2 Å². The van der Waals surface area contributed by atoms with Gasteiger partial charge in [0.15, 0.2) is 11.5 Å². The predicted octanol–water partition coefficient (Wildman–Crippen LogP) is 4.00. The molecule has 1 fully saturated rings. The van der Waals surface area contributed by atoms with Gasteiger partial charge in [-0.3, -0.25) is 4.79 Å². The Hall–Kier alpha value is -2.10. The van der Waals surface area contributed by atoms with Crippen LogP contribution in [0.4, 0.5) is 5.69 Å². The standard InChI is InChI=1S/C17H18N2O2/c20-16(9-11-3-1-2-4-11)18-13-7-8-15-14(10-13)19-17(21-15)12-5-6-12/h1,3,7-8,10-12H,2,4-6,9H2,(H,18,20)/t11-/m1/s1. The second-order valence-corrected chi connectivity index (χ2v) is 6.03. The van der Waals surface area contributed by atoms with E-state index in [1.165, 1.54) is 12.8 Å². The number of nitrogens with one attached hydrogen (secondary N) is 1. The highest BCUT2D eigenvalue weighted by Gasteiger charge is 2.28. The number of benzene rings is 1. The van der Waals surface area contributed by atoms with Crippen molar-refractivity contribution in [2.45, 2.75) is 38.0 Å². The van der Waals surface area contributed by atoms with E-state index in [4.69, 9.17) is 4.42 Å². The van der Waals surface area contributed by atoms with Gasteiger partial charge in [-0.25, -0.2) is 4.98 Å². The summed E-state index contributed by atoms with van der Waals surface area (Å²) in [4.78, 5) is 16.6. The lowest BCUT2D eigenvalue weighted by Crippen LogP contribution is -2.14. The fraction of sp³-hybridized carbons (Fsp3) is 0.412. The first-order chi connectivity index (χ1) is 10.3. The molecule has 0 aliphatic heterocycles. The van der Waals surface area contributed by atoms with Crippen LogP contribution in [0.3, 0.4) is 0 Å². The second-order valence-electron chi connectivity index (χ2n) is 6.03. The fourth-order valence-corrected chi connectivity index (χ4v) is 2.84. The SMILES string of the molecule is O=C(C[C@@H]1C=CCC1)Nc1ccc2oc(C3CC3)nc2c1. The predicted molar refractivity (Wildman–Crippen MR) is 81.1 cm³/mol. The number of allylic oxidation sites excluding steroid dienone is 2. The number of aromatic nitrogens is 1. The van der Waals surface area contributed by atoms with Gasteiger partial charge in [0.2, 0.25) is 5.91 Å². The molecule has 0 spiro atoms. The second kappa shape index (κ2) is 5.02. The molecular weight excluding hydrogens is 264 g/mol. The highest BCUT2D eigenvalue weighted by molar-refractivity contribution is 5.93. The Labute approximate surface area is 123 Å². The Balaban J connectivity index is 1.47. The summed E-state index contributed by atoms with van der Waals surface area (Å²) in [5.41, 5.74) is 2.43.